The molecule has 7 heteroatoms. The van der Waals surface area contributed by atoms with Crippen molar-refractivity contribution >= 4 is 28.9 Å². The van der Waals surface area contributed by atoms with E-state index >= 15 is 0 Å². The Morgan fingerprint density at radius 3 is 2.27 bits per heavy atom. The lowest BCUT2D eigenvalue weighted by Crippen LogP contribution is -2.10. The number of nitrogens with two attached hydrogens (primary N) is 1. The fourth-order valence-corrected chi connectivity index (χ4v) is 1.63. The van der Waals surface area contributed by atoms with E-state index in [1.807, 2.05) is 0 Å². The zero-order valence-corrected chi connectivity index (χ0v) is 8.71. The Labute approximate surface area is 93.4 Å². The van der Waals surface area contributed by atoms with E-state index < -0.39 is 24.0 Å². The molecule has 0 unspecified atom stereocenters. The van der Waals surface area contributed by atoms with Crippen LogP contribution >= 0.6 is 23.2 Å². The molecule has 1 aromatic rings. The lowest BCUT2D eigenvalue weighted by molar-refractivity contribution is -0.136. The van der Waals surface area contributed by atoms with Gasteiger partial charge in [0, 0.05) is 10.6 Å². The van der Waals surface area contributed by atoms with Crippen LogP contribution in [0.5, 0.6) is 0 Å². The van der Waals surface area contributed by atoms with Crippen molar-refractivity contribution in [3.05, 3.63) is 27.2 Å². The lowest BCUT2D eigenvalue weighted by Gasteiger charge is -2.14. The molecule has 0 aromatic heterocycles. The van der Waals surface area contributed by atoms with E-state index in [-0.39, 0.29) is 15.6 Å². The molecule has 0 radical (unpaired) electrons. The highest BCUT2D eigenvalue weighted by molar-refractivity contribution is 6.37. The molecule has 84 valence electrons. The van der Waals surface area contributed by atoms with Gasteiger partial charge in [0.1, 0.15) is 0 Å². The smallest absolute Gasteiger partial charge is 0.397 e. The van der Waals surface area contributed by atoms with Crippen LogP contribution in [0.15, 0.2) is 6.07 Å². The van der Waals surface area contributed by atoms with E-state index in [1.165, 1.54) is 0 Å². The van der Waals surface area contributed by atoms with Gasteiger partial charge in [-0.1, -0.05) is 23.2 Å². The molecule has 0 aliphatic heterocycles. The van der Waals surface area contributed by atoms with Gasteiger partial charge in [-0.2, -0.15) is 13.2 Å². The summed E-state index contributed by atoms with van der Waals surface area (Å²) in [6.07, 6.45) is -4.62. The Bertz CT molecular complexity index is 392. The number of alkyl halides is 3. The zero-order valence-electron chi connectivity index (χ0n) is 7.20. The molecule has 15 heavy (non-hydrogen) atoms. The average molecular weight is 260 g/mol. The van der Waals surface area contributed by atoms with Crippen LogP contribution in [0, 0.1) is 0 Å². The summed E-state index contributed by atoms with van der Waals surface area (Å²) in [5.74, 6) is 0. The Kier molecular flexibility index (Phi) is 3.38. The van der Waals surface area contributed by atoms with Crippen LogP contribution in [-0.4, -0.2) is 5.11 Å². The standard InChI is InChI=1S/C8H6Cl2F3NO/c9-5-1-4(8(11,12)13)7(14)6(10)3(5)2-15/h1,15H,2,14H2. The molecule has 0 fully saturated rings. The number of hydrogen-bond acceptors (Lipinski definition) is 2. The summed E-state index contributed by atoms with van der Waals surface area (Å²) in [7, 11) is 0. The van der Waals surface area contributed by atoms with Crippen molar-refractivity contribution in [3.8, 4) is 0 Å². The van der Waals surface area contributed by atoms with Crippen molar-refractivity contribution in [1.29, 1.82) is 0 Å². The number of aliphatic hydroxyl groups is 1. The number of aliphatic hydroxyl groups excluding tert-OH is 1. The molecule has 1 aromatic carbocycles. The van der Waals surface area contributed by atoms with Crippen LogP contribution in [0.1, 0.15) is 11.1 Å². The topological polar surface area (TPSA) is 46.2 Å². The van der Waals surface area contributed by atoms with Crippen LogP contribution in [0.4, 0.5) is 18.9 Å². The second-order valence-corrected chi connectivity index (χ2v) is 3.55. The Balaban J connectivity index is 3.48. The van der Waals surface area contributed by atoms with Gasteiger partial charge in [0.2, 0.25) is 0 Å². The number of hydrogen-bond donors (Lipinski definition) is 2. The fourth-order valence-electron chi connectivity index (χ4n) is 1.06. The van der Waals surface area contributed by atoms with Crippen LogP contribution < -0.4 is 5.73 Å². The van der Waals surface area contributed by atoms with Crippen molar-refractivity contribution in [1.82, 2.24) is 0 Å². The van der Waals surface area contributed by atoms with Gasteiger partial charge >= 0.3 is 6.18 Å². The molecular weight excluding hydrogens is 254 g/mol. The molecule has 1 rings (SSSR count). The Morgan fingerprint density at radius 2 is 1.87 bits per heavy atom. The van der Waals surface area contributed by atoms with Crippen molar-refractivity contribution in [3.63, 3.8) is 0 Å². The van der Waals surface area contributed by atoms with Crippen molar-refractivity contribution in [2.24, 2.45) is 0 Å². The quantitative estimate of drug-likeness (QED) is 0.762. The third-order valence-electron chi connectivity index (χ3n) is 1.81. The fraction of sp³-hybridized carbons (Fsp3) is 0.250. The molecule has 0 atom stereocenters. The van der Waals surface area contributed by atoms with Crippen LogP contribution in [0.3, 0.4) is 0 Å². The van der Waals surface area contributed by atoms with Gasteiger partial charge in [0.15, 0.2) is 0 Å². The van der Waals surface area contributed by atoms with Gasteiger partial charge in [-0.3, -0.25) is 0 Å². The average Bonchev–Trinajstić information content (AvgIpc) is 2.10. The van der Waals surface area contributed by atoms with Crippen molar-refractivity contribution in [2.75, 3.05) is 5.73 Å². The number of nitrogen functional groups attached to an aromatic ring is 1. The van der Waals surface area contributed by atoms with Crippen LogP contribution in [0.25, 0.3) is 0 Å². The maximum absolute atomic E-state index is 12.4. The molecule has 3 N–H and O–H groups in total. The normalized spacial score (nSPS) is 11.9. The minimum Gasteiger partial charge on any atom is -0.397 e. The largest absolute Gasteiger partial charge is 0.418 e. The summed E-state index contributed by atoms with van der Waals surface area (Å²) in [5.41, 5.74) is 3.45. The SMILES string of the molecule is Nc1c(C(F)(F)F)cc(Cl)c(CO)c1Cl. The molecule has 0 saturated carbocycles. The minimum absolute atomic E-state index is 0.0103. The first-order valence-electron chi connectivity index (χ1n) is 3.73. The first-order chi connectivity index (χ1) is 6.79. The first kappa shape index (κ1) is 12.4. The van der Waals surface area contributed by atoms with Gasteiger partial charge < -0.3 is 10.8 Å². The molecular formula is C8H6Cl2F3NO. The predicted octanol–water partition coefficient (Wildman–Crippen LogP) is 3.09. The molecule has 0 aliphatic rings. The van der Waals surface area contributed by atoms with Gasteiger partial charge in [0.25, 0.3) is 0 Å². The number of halogens is 5. The number of rotatable bonds is 1. The van der Waals surface area contributed by atoms with Crippen LogP contribution in [0.2, 0.25) is 10.0 Å². The van der Waals surface area contributed by atoms with E-state index in [0.29, 0.717) is 6.07 Å². The minimum atomic E-state index is -4.62. The highest BCUT2D eigenvalue weighted by atomic mass is 35.5. The summed E-state index contributed by atoms with van der Waals surface area (Å²) in [6.45, 7) is -0.569. The summed E-state index contributed by atoms with van der Waals surface area (Å²) >= 11 is 11.1. The maximum atomic E-state index is 12.4. The first-order valence-corrected chi connectivity index (χ1v) is 4.49. The zero-order chi connectivity index (χ0) is 11.8. The molecule has 2 nitrogen and oxygen atoms in total. The Hall–Kier alpha value is -0.650. The summed E-state index contributed by atoms with van der Waals surface area (Å²) < 4.78 is 37.2. The van der Waals surface area contributed by atoms with Crippen molar-refractivity contribution in [2.45, 2.75) is 12.8 Å². The Morgan fingerprint density at radius 1 is 1.33 bits per heavy atom. The van der Waals surface area contributed by atoms with E-state index in [4.69, 9.17) is 34.0 Å². The second-order valence-electron chi connectivity index (χ2n) is 2.77. The third-order valence-corrected chi connectivity index (χ3v) is 2.58. The highest BCUT2D eigenvalue weighted by Gasteiger charge is 2.35. The van der Waals surface area contributed by atoms with Crippen LogP contribution in [-0.2, 0) is 12.8 Å². The molecule has 0 heterocycles. The van der Waals surface area contributed by atoms with E-state index in [2.05, 4.69) is 0 Å². The molecule has 0 aliphatic carbocycles. The highest BCUT2D eigenvalue weighted by Crippen LogP contribution is 2.41. The number of benzene rings is 1. The molecule has 0 amide bonds. The van der Waals surface area contributed by atoms with Crippen molar-refractivity contribution < 1.29 is 18.3 Å². The van der Waals surface area contributed by atoms with Gasteiger partial charge in [-0.05, 0) is 6.07 Å². The van der Waals surface area contributed by atoms with E-state index in [1.54, 1.807) is 0 Å². The molecule has 0 bridgehead atoms. The van der Waals surface area contributed by atoms with Gasteiger partial charge in [-0.25, -0.2) is 0 Å². The van der Waals surface area contributed by atoms with E-state index in [9.17, 15) is 13.2 Å². The summed E-state index contributed by atoms with van der Waals surface area (Å²) in [4.78, 5) is 0. The van der Waals surface area contributed by atoms with E-state index in [0.717, 1.165) is 0 Å². The maximum Gasteiger partial charge on any atom is 0.418 e. The number of anilines is 1. The predicted molar refractivity (Wildman–Crippen MR) is 51.8 cm³/mol. The van der Waals surface area contributed by atoms with Gasteiger partial charge in [-0.15, -0.1) is 0 Å². The molecule has 0 saturated heterocycles. The molecule has 0 spiro atoms. The monoisotopic (exact) mass is 259 g/mol. The second kappa shape index (κ2) is 4.08. The lowest BCUT2D eigenvalue weighted by atomic mass is 10.1. The summed E-state index contributed by atoms with van der Waals surface area (Å²) in [6, 6.07) is 0.647. The van der Waals surface area contributed by atoms with Gasteiger partial charge in [0.05, 0.1) is 22.9 Å². The third kappa shape index (κ3) is 2.30. The summed E-state index contributed by atoms with van der Waals surface area (Å²) in [5, 5.41) is 8.19.